The van der Waals surface area contributed by atoms with E-state index < -0.39 is 0 Å². The first-order chi connectivity index (χ1) is 13.1. The molecule has 3 heterocycles. The standard InChI is InChI=1S/C19H24N6O2/c1-3-25-18(21-22(2)19(25)27)14-7-6-10-23(11-14)17(26)12-24-13-20-15-8-4-5-9-16(15)24/h4-5,8-9,13-14H,3,6-7,10-12H2,1-2H3/t14-/m1/s1. The van der Waals surface area contributed by atoms with Crippen molar-refractivity contribution in [1.29, 1.82) is 0 Å². The summed E-state index contributed by atoms with van der Waals surface area (Å²) in [5, 5.41) is 4.43. The molecule has 0 unspecified atom stereocenters. The van der Waals surface area contributed by atoms with Crippen LogP contribution < -0.4 is 5.69 Å². The molecule has 1 aliphatic heterocycles. The molecule has 4 rings (SSSR count). The first-order valence-electron chi connectivity index (χ1n) is 9.40. The van der Waals surface area contributed by atoms with Crippen LogP contribution in [0.15, 0.2) is 35.4 Å². The Morgan fingerprint density at radius 2 is 2.11 bits per heavy atom. The predicted octanol–water partition coefficient (Wildman–Crippen LogP) is 1.36. The number of imidazole rings is 1. The topological polar surface area (TPSA) is 78.0 Å². The summed E-state index contributed by atoms with van der Waals surface area (Å²) in [6, 6.07) is 7.81. The van der Waals surface area contributed by atoms with Crippen LogP contribution in [0.3, 0.4) is 0 Å². The van der Waals surface area contributed by atoms with E-state index in [0.29, 0.717) is 13.1 Å². The van der Waals surface area contributed by atoms with E-state index >= 15 is 0 Å². The van der Waals surface area contributed by atoms with E-state index in [1.54, 1.807) is 17.9 Å². The molecule has 8 heteroatoms. The second-order valence-electron chi connectivity index (χ2n) is 7.05. The number of likely N-dealkylation sites (tertiary alicyclic amines) is 1. The van der Waals surface area contributed by atoms with Crippen LogP contribution >= 0.6 is 0 Å². The molecule has 0 aliphatic carbocycles. The third-order valence-electron chi connectivity index (χ3n) is 5.33. The number of nitrogens with zero attached hydrogens (tertiary/aromatic N) is 6. The van der Waals surface area contributed by atoms with Gasteiger partial charge in [-0.15, -0.1) is 0 Å². The zero-order valence-electron chi connectivity index (χ0n) is 15.7. The van der Waals surface area contributed by atoms with Crippen LogP contribution in [0, 0.1) is 0 Å². The van der Waals surface area contributed by atoms with E-state index in [1.807, 2.05) is 40.7 Å². The van der Waals surface area contributed by atoms with Gasteiger partial charge in [-0.1, -0.05) is 12.1 Å². The summed E-state index contributed by atoms with van der Waals surface area (Å²) in [5.74, 6) is 0.954. The van der Waals surface area contributed by atoms with Gasteiger partial charge in [-0.2, -0.15) is 5.10 Å². The number of carbonyl (C=O) groups is 1. The number of hydrogen-bond acceptors (Lipinski definition) is 4. The fourth-order valence-electron chi connectivity index (χ4n) is 3.92. The molecule has 2 aromatic heterocycles. The Balaban J connectivity index is 1.52. The second-order valence-corrected chi connectivity index (χ2v) is 7.05. The van der Waals surface area contributed by atoms with Gasteiger partial charge >= 0.3 is 5.69 Å². The van der Waals surface area contributed by atoms with Gasteiger partial charge in [-0.25, -0.2) is 14.5 Å². The number of fused-ring (bicyclic) bond motifs is 1. The highest BCUT2D eigenvalue weighted by Crippen LogP contribution is 2.25. The normalized spacial score (nSPS) is 17.6. The van der Waals surface area contributed by atoms with Gasteiger partial charge in [0.05, 0.1) is 17.4 Å². The Hall–Kier alpha value is -2.90. The summed E-state index contributed by atoms with van der Waals surface area (Å²) in [7, 11) is 1.67. The Labute approximate surface area is 157 Å². The summed E-state index contributed by atoms with van der Waals surface area (Å²) in [6.45, 7) is 4.15. The Bertz CT molecular complexity index is 1030. The molecule has 0 bridgehead atoms. The van der Waals surface area contributed by atoms with E-state index in [-0.39, 0.29) is 24.1 Å². The zero-order valence-corrected chi connectivity index (χ0v) is 15.7. The Morgan fingerprint density at radius 3 is 2.93 bits per heavy atom. The maximum atomic E-state index is 12.9. The molecular formula is C19H24N6O2. The largest absolute Gasteiger partial charge is 0.345 e. The zero-order chi connectivity index (χ0) is 19.0. The van der Waals surface area contributed by atoms with E-state index in [1.165, 1.54) is 4.68 Å². The number of aryl methyl sites for hydroxylation is 1. The maximum Gasteiger partial charge on any atom is 0.345 e. The molecule has 27 heavy (non-hydrogen) atoms. The highest BCUT2D eigenvalue weighted by molar-refractivity contribution is 5.80. The minimum absolute atomic E-state index is 0.0733. The lowest BCUT2D eigenvalue weighted by atomic mass is 9.97. The number of piperidine rings is 1. The molecule has 142 valence electrons. The molecule has 1 saturated heterocycles. The Morgan fingerprint density at radius 1 is 1.30 bits per heavy atom. The average molecular weight is 368 g/mol. The minimum atomic E-state index is -0.0964. The highest BCUT2D eigenvalue weighted by atomic mass is 16.2. The molecule has 1 amide bonds. The molecule has 0 saturated carbocycles. The van der Waals surface area contributed by atoms with Crippen molar-refractivity contribution in [2.75, 3.05) is 13.1 Å². The molecule has 1 atom stereocenters. The molecule has 8 nitrogen and oxygen atoms in total. The minimum Gasteiger partial charge on any atom is -0.340 e. The lowest BCUT2D eigenvalue weighted by Crippen LogP contribution is -2.41. The number of rotatable bonds is 4. The van der Waals surface area contributed by atoms with Crippen LogP contribution in [0.4, 0.5) is 0 Å². The van der Waals surface area contributed by atoms with E-state index in [4.69, 9.17) is 0 Å². The van der Waals surface area contributed by atoms with Crippen LogP contribution in [-0.2, 0) is 24.9 Å². The quantitative estimate of drug-likeness (QED) is 0.697. The van der Waals surface area contributed by atoms with Crippen molar-refractivity contribution in [2.45, 2.75) is 38.8 Å². The van der Waals surface area contributed by atoms with Crippen LogP contribution in [0.1, 0.15) is 31.5 Å². The first kappa shape index (κ1) is 17.5. The van der Waals surface area contributed by atoms with Gasteiger partial charge < -0.3 is 9.47 Å². The lowest BCUT2D eigenvalue weighted by molar-refractivity contribution is -0.133. The van der Waals surface area contributed by atoms with Gasteiger partial charge in [-0.05, 0) is 31.9 Å². The SMILES string of the molecule is CCn1c([C@@H]2CCCN(C(=O)Cn3cnc4ccccc43)C2)nn(C)c1=O. The van der Waals surface area contributed by atoms with Crippen molar-refractivity contribution >= 4 is 16.9 Å². The van der Waals surface area contributed by atoms with Crippen LogP contribution in [0.5, 0.6) is 0 Å². The fraction of sp³-hybridized carbons (Fsp3) is 0.474. The van der Waals surface area contributed by atoms with E-state index in [9.17, 15) is 9.59 Å². The number of benzene rings is 1. The summed E-state index contributed by atoms with van der Waals surface area (Å²) in [6.07, 6.45) is 3.57. The monoisotopic (exact) mass is 368 g/mol. The molecule has 0 radical (unpaired) electrons. The fourth-order valence-corrected chi connectivity index (χ4v) is 3.92. The van der Waals surface area contributed by atoms with Gasteiger partial charge in [0.2, 0.25) is 5.91 Å². The maximum absolute atomic E-state index is 12.9. The van der Waals surface area contributed by atoms with Crippen molar-refractivity contribution in [3.8, 4) is 0 Å². The highest BCUT2D eigenvalue weighted by Gasteiger charge is 2.29. The summed E-state index contributed by atoms with van der Waals surface area (Å²) in [5.41, 5.74) is 1.76. The lowest BCUT2D eigenvalue weighted by Gasteiger charge is -2.32. The molecule has 0 N–H and O–H groups in total. The van der Waals surface area contributed by atoms with Crippen molar-refractivity contribution < 1.29 is 4.79 Å². The van der Waals surface area contributed by atoms with E-state index in [2.05, 4.69) is 10.1 Å². The molecule has 3 aromatic rings. The Kier molecular flexibility index (Phi) is 4.55. The third kappa shape index (κ3) is 3.15. The van der Waals surface area contributed by atoms with E-state index in [0.717, 1.165) is 36.2 Å². The van der Waals surface area contributed by atoms with Crippen molar-refractivity contribution in [3.05, 3.63) is 46.9 Å². The van der Waals surface area contributed by atoms with Gasteiger partial charge in [-0.3, -0.25) is 9.36 Å². The third-order valence-corrected chi connectivity index (χ3v) is 5.33. The van der Waals surface area contributed by atoms with Gasteiger partial charge in [0.25, 0.3) is 0 Å². The molecule has 1 aliphatic rings. The van der Waals surface area contributed by atoms with Crippen LogP contribution in [-0.4, -0.2) is 47.8 Å². The van der Waals surface area contributed by atoms with Crippen LogP contribution in [0.25, 0.3) is 11.0 Å². The van der Waals surface area contributed by atoms with Gasteiger partial charge in [0.1, 0.15) is 12.4 Å². The van der Waals surface area contributed by atoms with Crippen molar-refractivity contribution in [1.82, 2.24) is 28.8 Å². The molecule has 1 fully saturated rings. The summed E-state index contributed by atoms with van der Waals surface area (Å²) >= 11 is 0. The van der Waals surface area contributed by atoms with Gasteiger partial charge in [0, 0.05) is 32.6 Å². The van der Waals surface area contributed by atoms with Crippen LogP contribution in [0.2, 0.25) is 0 Å². The number of hydrogen-bond donors (Lipinski definition) is 0. The second kappa shape index (κ2) is 7.02. The molecule has 1 aromatic carbocycles. The summed E-state index contributed by atoms with van der Waals surface area (Å²) in [4.78, 5) is 31.3. The summed E-state index contributed by atoms with van der Waals surface area (Å²) < 4.78 is 4.99. The van der Waals surface area contributed by atoms with Crippen molar-refractivity contribution in [3.63, 3.8) is 0 Å². The molecular weight excluding hydrogens is 344 g/mol. The predicted molar refractivity (Wildman–Crippen MR) is 101 cm³/mol. The number of para-hydroxylation sites is 2. The number of carbonyl (C=O) groups excluding carboxylic acids is 1. The van der Waals surface area contributed by atoms with Gasteiger partial charge in [0.15, 0.2) is 0 Å². The first-order valence-corrected chi connectivity index (χ1v) is 9.40. The van der Waals surface area contributed by atoms with Crippen molar-refractivity contribution in [2.24, 2.45) is 7.05 Å². The molecule has 0 spiro atoms. The number of aromatic nitrogens is 5. The number of amides is 1. The smallest absolute Gasteiger partial charge is 0.340 e. The average Bonchev–Trinajstić information content (AvgIpc) is 3.23.